The second-order valence-corrected chi connectivity index (χ2v) is 2.73. The maximum Gasteiger partial charge on any atom is 0.186 e. The van der Waals surface area contributed by atoms with Crippen LogP contribution in [0.5, 0.6) is 0 Å². The van der Waals surface area contributed by atoms with Gasteiger partial charge >= 0.3 is 0 Å². The van der Waals surface area contributed by atoms with Gasteiger partial charge in [0.25, 0.3) is 0 Å². The second kappa shape index (κ2) is 4.13. The number of anilines is 1. The molecule has 4 nitrogen and oxygen atoms in total. The Balaban J connectivity index is 2.92. The normalized spacial score (nSPS) is 10.2. The van der Waals surface area contributed by atoms with E-state index in [1.54, 1.807) is 13.8 Å². The fraction of sp³-hybridized carbons (Fsp3) is 0.500. The molecule has 1 aromatic rings. The number of nitrogens with two attached hydrogens (primary N) is 1. The highest BCUT2D eigenvalue weighted by atomic mass is 19.1. The van der Waals surface area contributed by atoms with Gasteiger partial charge in [-0.05, 0) is 13.8 Å². The summed E-state index contributed by atoms with van der Waals surface area (Å²) < 4.78 is 13.3. The smallest absolute Gasteiger partial charge is 0.186 e. The van der Waals surface area contributed by atoms with Crippen LogP contribution in [0, 0.1) is 19.7 Å². The number of nitrogens with zero attached hydrogens (tertiary/aromatic N) is 2. The molecule has 1 aromatic heterocycles. The van der Waals surface area contributed by atoms with Crippen LogP contribution in [0.15, 0.2) is 0 Å². The monoisotopic (exact) mass is 184 g/mol. The molecule has 0 unspecified atom stereocenters. The first-order chi connectivity index (χ1) is 6.15. The van der Waals surface area contributed by atoms with Crippen molar-refractivity contribution in [3.05, 3.63) is 17.3 Å². The minimum Gasteiger partial charge on any atom is -0.366 e. The first-order valence-corrected chi connectivity index (χ1v) is 4.10. The molecule has 1 rings (SSSR count). The summed E-state index contributed by atoms with van der Waals surface area (Å²) in [5.74, 6) is 0.382. The number of aryl methyl sites for hydroxylation is 2. The van der Waals surface area contributed by atoms with Crippen LogP contribution in [-0.4, -0.2) is 23.1 Å². The zero-order valence-corrected chi connectivity index (χ0v) is 7.76. The maximum atomic E-state index is 13.3. The van der Waals surface area contributed by atoms with E-state index in [4.69, 9.17) is 5.73 Å². The molecule has 13 heavy (non-hydrogen) atoms. The third-order valence-corrected chi connectivity index (χ3v) is 1.57. The predicted octanol–water partition coefficient (Wildman–Crippen LogP) is 0.603. The number of nitrogens with one attached hydrogen (secondary N) is 1. The molecule has 0 aliphatic rings. The molecule has 0 atom stereocenters. The second-order valence-electron chi connectivity index (χ2n) is 2.73. The van der Waals surface area contributed by atoms with Crippen LogP contribution in [-0.2, 0) is 0 Å². The predicted molar refractivity (Wildman–Crippen MR) is 49.0 cm³/mol. The van der Waals surface area contributed by atoms with Gasteiger partial charge in [0.2, 0.25) is 0 Å². The van der Waals surface area contributed by atoms with Gasteiger partial charge in [0.05, 0.1) is 5.69 Å². The number of hydrogen-bond donors (Lipinski definition) is 2. The molecule has 0 aromatic carbocycles. The van der Waals surface area contributed by atoms with Crippen molar-refractivity contribution in [2.45, 2.75) is 13.8 Å². The van der Waals surface area contributed by atoms with E-state index in [1.807, 2.05) is 0 Å². The third kappa shape index (κ3) is 2.35. The van der Waals surface area contributed by atoms with E-state index in [2.05, 4.69) is 15.3 Å². The van der Waals surface area contributed by atoms with E-state index in [1.165, 1.54) is 0 Å². The molecule has 5 heteroatoms. The van der Waals surface area contributed by atoms with Crippen LogP contribution in [0.25, 0.3) is 0 Å². The van der Waals surface area contributed by atoms with Crippen molar-refractivity contribution in [1.29, 1.82) is 0 Å². The van der Waals surface area contributed by atoms with Gasteiger partial charge in [-0.25, -0.2) is 14.4 Å². The van der Waals surface area contributed by atoms with Gasteiger partial charge in [0.15, 0.2) is 11.6 Å². The molecule has 3 N–H and O–H groups in total. The Bertz CT molecular complexity index is 300. The van der Waals surface area contributed by atoms with Gasteiger partial charge in [-0.3, -0.25) is 0 Å². The summed E-state index contributed by atoms with van der Waals surface area (Å²) in [5.41, 5.74) is 5.63. The number of hydrogen-bond acceptors (Lipinski definition) is 4. The summed E-state index contributed by atoms with van der Waals surface area (Å²) in [6.45, 7) is 4.28. The molecule has 0 fully saturated rings. The van der Waals surface area contributed by atoms with E-state index in [9.17, 15) is 4.39 Å². The molecular weight excluding hydrogens is 171 g/mol. The Morgan fingerprint density at radius 1 is 1.38 bits per heavy atom. The highest BCUT2D eigenvalue weighted by molar-refractivity contribution is 5.37. The Hall–Kier alpha value is -1.23. The molecule has 0 radical (unpaired) electrons. The quantitative estimate of drug-likeness (QED) is 0.722. The molecule has 0 amide bonds. The van der Waals surface area contributed by atoms with Crippen LogP contribution in [0.3, 0.4) is 0 Å². The Labute approximate surface area is 76.4 Å². The summed E-state index contributed by atoms with van der Waals surface area (Å²) in [7, 11) is 0. The van der Waals surface area contributed by atoms with Crippen molar-refractivity contribution in [1.82, 2.24) is 9.97 Å². The van der Waals surface area contributed by atoms with E-state index < -0.39 is 5.82 Å². The lowest BCUT2D eigenvalue weighted by Crippen LogP contribution is -2.16. The number of halogens is 1. The lowest BCUT2D eigenvalue weighted by atomic mass is 10.4. The van der Waals surface area contributed by atoms with E-state index in [-0.39, 0.29) is 5.82 Å². The van der Waals surface area contributed by atoms with Crippen LogP contribution < -0.4 is 11.1 Å². The van der Waals surface area contributed by atoms with Crippen molar-refractivity contribution in [3.8, 4) is 0 Å². The van der Waals surface area contributed by atoms with Crippen molar-refractivity contribution in [2.24, 2.45) is 5.73 Å². The van der Waals surface area contributed by atoms with Crippen molar-refractivity contribution < 1.29 is 4.39 Å². The molecule has 0 aliphatic carbocycles. The van der Waals surface area contributed by atoms with Crippen molar-refractivity contribution >= 4 is 5.82 Å². The molecule has 0 saturated heterocycles. The standard InChI is InChI=1S/C8H13FN4/c1-5-7(9)8(11-4-3-10)13-6(2)12-5/h3-4,10H2,1-2H3,(H,11,12,13). The Kier molecular flexibility index (Phi) is 3.13. The van der Waals surface area contributed by atoms with Crippen molar-refractivity contribution in [2.75, 3.05) is 18.4 Å². The zero-order chi connectivity index (χ0) is 9.84. The van der Waals surface area contributed by atoms with Gasteiger partial charge in [-0.2, -0.15) is 0 Å². The van der Waals surface area contributed by atoms with Gasteiger partial charge in [0, 0.05) is 13.1 Å². The molecule has 0 aliphatic heterocycles. The molecular formula is C8H13FN4. The van der Waals surface area contributed by atoms with Crippen LogP contribution in [0.4, 0.5) is 10.2 Å². The lowest BCUT2D eigenvalue weighted by Gasteiger charge is -2.07. The highest BCUT2D eigenvalue weighted by Gasteiger charge is 2.07. The maximum absolute atomic E-state index is 13.3. The molecule has 72 valence electrons. The summed E-state index contributed by atoms with van der Waals surface area (Å²) >= 11 is 0. The van der Waals surface area contributed by atoms with E-state index in [0.717, 1.165) is 0 Å². The first kappa shape index (κ1) is 9.85. The number of rotatable bonds is 3. The minimum atomic E-state index is -0.404. The lowest BCUT2D eigenvalue weighted by molar-refractivity contribution is 0.602. The molecule has 0 spiro atoms. The van der Waals surface area contributed by atoms with Gasteiger partial charge in [0.1, 0.15) is 5.82 Å². The van der Waals surface area contributed by atoms with Gasteiger partial charge < -0.3 is 11.1 Å². The SMILES string of the molecule is Cc1nc(C)c(F)c(NCCN)n1. The Morgan fingerprint density at radius 3 is 2.69 bits per heavy atom. The highest BCUT2D eigenvalue weighted by Crippen LogP contribution is 2.12. The van der Waals surface area contributed by atoms with Gasteiger partial charge in [-0.15, -0.1) is 0 Å². The summed E-state index contributed by atoms with van der Waals surface area (Å²) in [6.07, 6.45) is 0. The molecule has 1 heterocycles. The van der Waals surface area contributed by atoms with E-state index >= 15 is 0 Å². The average molecular weight is 184 g/mol. The Morgan fingerprint density at radius 2 is 2.08 bits per heavy atom. The molecule has 0 saturated carbocycles. The molecule has 0 bridgehead atoms. The topological polar surface area (TPSA) is 63.8 Å². The van der Waals surface area contributed by atoms with Gasteiger partial charge in [-0.1, -0.05) is 0 Å². The van der Waals surface area contributed by atoms with Crippen LogP contribution in [0.2, 0.25) is 0 Å². The van der Waals surface area contributed by atoms with Crippen LogP contribution in [0.1, 0.15) is 11.5 Å². The summed E-state index contributed by atoms with van der Waals surface area (Å²) in [4.78, 5) is 7.80. The van der Waals surface area contributed by atoms with E-state index in [0.29, 0.717) is 24.6 Å². The fourth-order valence-corrected chi connectivity index (χ4v) is 1.01. The fourth-order valence-electron chi connectivity index (χ4n) is 1.01. The minimum absolute atomic E-state index is 0.232. The number of aromatic nitrogens is 2. The zero-order valence-electron chi connectivity index (χ0n) is 7.76. The van der Waals surface area contributed by atoms with Crippen molar-refractivity contribution in [3.63, 3.8) is 0 Å². The third-order valence-electron chi connectivity index (χ3n) is 1.57. The summed E-state index contributed by atoms with van der Waals surface area (Å²) in [6, 6.07) is 0. The van der Waals surface area contributed by atoms with Crippen LogP contribution >= 0.6 is 0 Å². The average Bonchev–Trinajstić information content (AvgIpc) is 2.09. The first-order valence-electron chi connectivity index (χ1n) is 4.10. The largest absolute Gasteiger partial charge is 0.366 e. The summed E-state index contributed by atoms with van der Waals surface area (Å²) in [5, 5.41) is 2.79.